The molecular weight excluding hydrogens is 315 g/mol. The quantitative estimate of drug-likeness (QED) is 0.899. The van der Waals surface area contributed by atoms with Gasteiger partial charge < -0.3 is 5.32 Å². The fourth-order valence-corrected chi connectivity index (χ4v) is 3.78. The van der Waals surface area contributed by atoms with Gasteiger partial charge in [-0.05, 0) is 38.0 Å². The molecule has 0 unspecified atom stereocenters. The van der Waals surface area contributed by atoms with Crippen LogP contribution >= 0.6 is 11.6 Å². The number of rotatable bonds is 5. The van der Waals surface area contributed by atoms with Gasteiger partial charge in [0.15, 0.2) is 0 Å². The fraction of sp³-hybridized carbons (Fsp3) is 0.571. The first-order chi connectivity index (χ1) is 9.92. The lowest BCUT2D eigenvalue weighted by molar-refractivity contribution is 0.288. The number of hydrogen-bond acceptors (Lipinski definition) is 3. The van der Waals surface area contributed by atoms with Gasteiger partial charge in [0.1, 0.15) is 5.82 Å². The zero-order chi connectivity index (χ0) is 15.5. The van der Waals surface area contributed by atoms with Gasteiger partial charge in [-0.1, -0.05) is 11.6 Å². The predicted molar refractivity (Wildman–Crippen MR) is 82.3 cm³/mol. The molecule has 1 heterocycles. The van der Waals surface area contributed by atoms with Gasteiger partial charge in [0, 0.05) is 36.3 Å². The van der Waals surface area contributed by atoms with E-state index in [0.29, 0.717) is 30.2 Å². The third kappa shape index (κ3) is 4.39. The van der Waals surface area contributed by atoms with E-state index in [-0.39, 0.29) is 17.6 Å². The zero-order valence-electron chi connectivity index (χ0n) is 12.0. The van der Waals surface area contributed by atoms with Gasteiger partial charge in [0.25, 0.3) is 0 Å². The van der Waals surface area contributed by atoms with Crippen molar-refractivity contribution in [2.24, 2.45) is 0 Å². The van der Waals surface area contributed by atoms with Gasteiger partial charge in [0.05, 0.1) is 5.75 Å². The lowest BCUT2D eigenvalue weighted by Gasteiger charge is -2.31. The minimum absolute atomic E-state index is 0.138. The number of halogens is 2. The first kappa shape index (κ1) is 16.7. The van der Waals surface area contributed by atoms with Crippen molar-refractivity contribution in [2.45, 2.75) is 32.4 Å². The Labute approximate surface area is 130 Å². The Morgan fingerprint density at radius 2 is 2.05 bits per heavy atom. The van der Waals surface area contributed by atoms with Crippen LogP contribution in [0.5, 0.6) is 0 Å². The molecule has 0 saturated carbocycles. The summed E-state index contributed by atoms with van der Waals surface area (Å²) in [7, 11) is -3.10. The van der Waals surface area contributed by atoms with Gasteiger partial charge in [-0.3, -0.25) is 0 Å². The Balaban J connectivity index is 1.86. The summed E-state index contributed by atoms with van der Waals surface area (Å²) in [5.74, 6) is -0.142. The molecule has 0 aromatic heterocycles. The minimum atomic E-state index is -3.10. The normalized spacial score (nSPS) is 18.0. The smallest absolute Gasteiger partial charge is 0.213 e. The van der Waals surface area contributed by atoms with Crippen LogP contribution in [0.3, 0.4) is 0 Å². The molecule has 1 fully saturated rings. The van der Waals surface area contributed by atoms with Crippen molar-refractivity contribution in [3.8, 4) is 0 Å². The Kier molecular flexibility index (Phi) is 5.60. The van der Waals surface area contributed by atoms with Crippen LogP contribution < -0.4 is 5.32 Å². The lowest BCUT2D eigenvalue weighted by atomic mass is 10.1. The second kappa shape index (κ2) is 7.05. The van der Waals surface area contributed by atoms with E-state index in [4.69, 9.17) is 11.6 Å². The van der Waals surface area contributed by atoms with Crippen molar-refractivity contribution in [3.05, 3.63) is 34.6 Å². The summed E-state index contributed by atoms with van der Waals surface area (Å²) < 4.78 is 38.7. The Bertz CT molecular complexity index is 587. The molecule has 0 radical (unpaired) electrons. The molecule has 0 bridgehead atoms. The number of hydrogen-bond donors (Lipinski definition) is 1. The van der Waals surface area contributed by atoms with Crippen molar-refractivity contribution in [3.63, 3.8) is 0 Å². The van der Waals surface area contributed by atoms with Gasteiger partial charge in [-0.15, -0.1) is 0 Å². The molecule has 1 aliphatic heterocycles. The summed E-state index contributed by atoms with van der Waals surface area (Å²) in [5.41, 5.74) is 0.533. The number of nitrogens with one attached hydrogen (secondary N) is 1. The zero-order valence-corrected chi connectivity index (χ0v) is 13.6. The summed E-state index contributed by atoms with van der Waals surface area (Å²) >= 11 is 5.86. The molecule has 0 spiro atoms. The predicted octanol–water partition coefficient (Wildman–Crippen LogP) is 2.38. The number of sulfonamides is 1. The van der Waals surface area contributed by atoms with E-state index in [1.54, 1.807) is 13.0 Å². The average molecular weight is 335 g/mol. The Morgan fingerprint density at radius 3 is 2.67 bits per heavy atom. The van der Waals surface area contributed by atoms with Crippen LogP contribution in [-0.2, 0) is 16.6 Å². The maximum Gasteiger partial charge on any atom is 0.213 e. The van der Waals surface area contributed by atoms with Crippen molar-refractivity contribution in [2.75, 3.05) is 18.8 Å². The van der Waals surface area contributed by atoms with Crippen LogP contribution in [0.15, 0.2) is 18.2 Å². The second-order valence-electron chi connectivity index (χ2n) is 5.19. The summed E-state index contributed by atoms with van der Waals surface area (Å²) in [5, 5.41) is 3.79. The number of nitrogens with zero attached hydrogens (tertiary/aromatic N) is 1. The molecule has 0 aliphatic carbocycles. The standard InChI is InChI=1S/C14H20ClFN2O2S/c1-2-21(19,20)18-7-5-13(6-8-18)17-10-11-9-12(15)3-4-14(11)16/h3-4,9,13,17H,2,5-8,10H2,1H3. The van der Waals surface area contributed by atoms with Gasteiger partial charge >= 0.3 is 0 Å². The Hall–Kier alpha value is -0.690. The maximum absolute atomic E-state index is 13.6. The van der Waals surface area contributed by atoms with E-state index in [9.17, 15) is 12.8 Å². The van der Waals surface area contributed by atoms with Gasteiger partial charge in [-0.2, -0.15) is 0 Å². The van der Waals surface area contributed by atoms with Crippen molar-refractivity contribution >= 4 is 21.6 Å². The summed E-state index contributed by atoms with van der Waals surface area (Å²) in [6.45, 7) is 3.09. The molecule has 1 aliphatic rings. The summed E-state index contributed by atoms with van der Waals surface area (Å²) in [6, 6.07) is 4.69. The highest BCUT2D eigenvalue weighted by molar-refractivity contribution is 7.89. The SMILES string of the molecule is CCS(=O)(=O)N1CCC(NCc2cc(Cl)ccc2F)CC1. The van der Waals surface area contributed by atoms with E-state index in [0.717, 1.165) is 12.8 Å². The highest BCUT2D eigenvalue weighted by Crippen LogP contribution is 2.17. The molecule has 0 atom stereocenters. The topological polar surface area (TPSA) is 49.4 Å². The van der Waals surface area contributed by atoms with Gasteiger partial charge in [-0.25, -0.2) is 17.1 Å². The van der Waals surface area contributed by atoms with Gasteiger partial charge in [0.2, 0.25) is 10.0 Å². The van der Waals surface area contributed by atoms with Crippen molar-refractivity contribution < 1.29 is 12.8 Å². The fourth-order valence-electron chi connectivity index (χ4n) is 2.45. The average Bonchev–Trinajstić information content (AvgIpc) is 2.48. The molecule has 1 N–H and O–H groups in total. The van der Waals surface area contributed by atoms with E-state index in [2.05, 4.69) is 5.32 Å². The highest BCUT2D eigenvalue weighted by Gasteiger charge is 2.26. The van der Waals surface area contributed by atoms with E-state index < -0.39 is 10.0 Å². The van der Waals surface area contributed by atoms with Crippen LogP contribution in [0.25, 0.3) is 0 Å². The van der Waals surface area contributed by atoms with Crippen LogP contribution in [-0.4, -0.2) is 37.6 Å². The van der Waals surface area contributed by atoms with Crippen molar-refractivity contribution in [1.29, 1.82) is 0 Å². The molecule has 1 saturated heterocycles. The second-order valence-corrected chi connectivity index (χ2v) is 7.88. The third-order valence-electron chi connectivity index (χ3n) is 3.80. The molecular formula is C14H20ClFN2O2S. The van der Waals surface area contributed by atoms with Crippen LogP contribution in [0, 0.1) is 5.82 Å². The molecule has 21 heavy (non-hydrogen) atoms. The molecule has 1 aromatic rings. The van der Waals surface area contributed by atoms with E-state index >= 15 is 0 Å². The molecule has 0 amide bonds. The third-order valence-corrected chi connectivity index (χ3v) is 5.92. The molecule has 4 nitrogen and oxygen atoms in total. The van der Waals surface area contributed by atoms with Crippen LogP contribution in [0.2, 0.25) is 5.02 Å². The van der Waals surface area contributed by atoms with Crippen LogP contribution in [0.1, 0.15) is 25.3 Å². The molecule has 118 valence electrons. The highest BCUT2D eigenvalue weighted by atomic mass is 35.5. The largest absolute Gasteiger partial charge is 0.310 e. The van der Waals surface area contributed by atoms with Crippen molar-refractivity contribution in [1.82, 2.24) is 9.62 Å². The summed E-state index contributed by atoms with van der Waals surface area (Å²) in [6.07, 6.45) is 1.48. The summed E-state index contributed by atoms with van der Waals surface area (Å²) in [4.78, 5) is 0. The van der Waals surface area contributed by atoms with E-state index in [1.165, 1.54) is 16.4 Å². The maximum atomic E-state index is 13.6. The van der Waals surface area contributed by atoms with E-state index in [1.807, 2.05) is 0 Å². The van der Waals surface area contributed by atoms with Crippen LogP contribution in [0.4, 0.5) is 4.39 Å². The molecule has 7 heteroatoms. The molecule has 2 rings (SSSR count). The number of piperidine rings is 1. The molecule has 1 aromatic carbocycles. The Morgan fingerprint density at radius 1 is 1.38 bits per heavy atom. The first-order valence-corrected chi connectivity index (χ1v) is 9.06. The lowest BCUT2D eigenvalue weighted by Crippen LogP contribution is -2.45. The minimum Gasteiger partial charge on any atom is -0.310 e. The first-order valence-electron chi connectivity index (χ1n) is 7.07. The number of benzene rings is 1. The monoisotopic (exact) mass is 334 g/mol.